The first-order chi connectivity index (χ1) is 23.0. The summed E-state index contributed by atoms with van der Waals surface area (Å²) in [5.41, 5.74) is 11.3. The number of hydrogen-bond acceptors (Lipinski definition) is 0. The van der Waals surface area contributed by atoms with Crippen LogP contribution in [-0.2, 0) is 23.3 Å². The summed E-state index contributed by atoms with van der Waals surface area (Å²) in [6, 6.07) is 41.3. The van der Waals surface area contributed by atoms with Gasteiger partial charge in [0.25, 0.3) is 0 Å². The summed E-state index contributed by atoms with van der Waals surface area (Å²) in [6.07, 6.45) is 12.5. The first kappa shape index (κ1) is 44.9. The summed E-state index contributed by atoms with van der Waals surface area (Å²) in [5, 5.41) is 5.56. The van der Waals surface area contributed by atoms with Gasteiger partial charge in [-0.15, -0.1) is 93.9 Å². The fourth-order valence-corrected chi connectivity index (χ4v) is 8.06. The van der Waals surface area contributed by atoms with Gasteiger partial charge >= 0.3 is 30.2 Å². The minimum absolute atomic E-state index is 0. The summed E-state index contributed by atoms with van der Waals surface area (Å²) >= 11 is 1.36. The number of rotatable bonds is 5. The Bertz CT molecular complexity index is 1890. The Kier molecular flexibility index (Phi) is 18.9. The molecule has 0 nitrogen and oxygen atoms in total. The van der Waals surface area contributed by atoms with Crippen LogP contribution in [0.3, 0.4) is 0 Å². The SMILES string of the molecule is CC(C)c1ccc(-c2cccc3[cH-]c(C4CCCC4)cc23)cc1.Cc1cc2c(-c3ccc(C4CCCCC4)cc3)cccc2[cH-]1.Cl.Cl.[CH3-].[CH3-].[Si]=[Zr]. The van der Waals surface area contributed by atoms with Crippen LogP contribution in [0, 0.1) is 21.8 Å². The van der Waals surface area contributed by atoms with E-state index in [0.717, 1.165) is 11.8 Å². The Morgan fingerprint density at radius 1 is 0.588 bits per heavy atom. The molecule has 2 radical (unpaired) electrons. The van der Waals surface area contributed by atoms with Crippen LogP contribution in [0.5, 0.6) is 0 Å². The molecular formula is C47H56Cl2SiZr-4. The molecule has 8 rings (SSSR count). The molecule has 0 unspecified atom stereocenters. The van der Waals surface area contributed by atoms with E-state index in [-0.39, 0.29) is 39.7 Å². The van der Waals surface area contributed by atoms with Crippen LogP contribution in [0.15, 0.2) is 109 Å². The van der Waals surface area contributed by atoms with Crippen molar-refractivity contribution < 1.29 is 23.3 Å². The van der Waals surface area contributed by atoms with Crippen LogP contribution < -0.4 is 0 Å². The first-order valence-corrected chi connectivity index (χ1v) is 22.0. The van der Waals surface area contributed by atoms with Crippen LogP contribution in [0.2, 0.25) is 0 Å². The van der Waals surface area contributed by atoms with Crippen molar-refractivity contribution in [1.29, 1.82) is 0 Å². The molecule has 6 aromatic rings. The topological polar surface area (TPSA) is 0 Å². The Morgan fingerprint density at radius 2 is 1.06 bits per heavy atom. The first-order valence-electron chi connectivity index (χ1n) is 17.8. The maximum atomic E-state index is 3.06. The van der Waals surface area contributed by atoms with Gasteiger partial charge in [0.15, 0.2) is 0 Å². The molecule has 0 aliphatic heterocycles. The molecule has 0 amide bonds. The van der Waals surface area contributed by atoms with Crippen molar-refractivity contribution in [3.63, 3.8) is 0 Å². The third kappa shape index (κ3) is 10.7. The van der Waals surface area contributed by atoms with Gasteiger partial charge in [0.1, 0.15) is 0 Å². The van der Waals surface area contributed by atoms with E-state index in [2.05, 4.69) is 137 Å². The third-order valence-corrected chi connectivity index (χ3v) is 10.7. The Labute approximate surface area is 339 Å². The molecule has 0 bridgehead atoms. The van der Waals surface area contributed by atoms with Crippen LogP contribution in [0.25, 0.3) is 43.8 Å². The molecule has 2 aliphatic carbocycles. The second-order valence-electron chi connectivity index (χ2n) is 14.2. The van der Waals surface area contributed by atoms with Crippen LogP contribution in [-0.4, -0.2) is 6.88 Å². The molecule has 2 fully saturated rings. The molecule has 51 heavy (non-hydrogen) atoms. The number of halogens is 2. The Morgan fingerprint density at radius 3 is 1.61 bits per heavy atom. The van der Waals surface area contributed by atoms with E-state index in [4.69, 9.17) is 0 Å². The zero-order chi connectivity index (χ0) is 32.8. The van der Waals surface area contributed by atoms with Gasteiger partial charge in [-0.1, -0.05) is 125 Å². The van der Waals surface area contributed by atoms with Gasteiger partial charge in [-0.25, -0.2) is 0 Å². The molecule has 2 saturated carbocycles. The number of hydrogen-bond donors (Lipinski definition) is 0. The molecule has 270 valence electrons. The molecule has 0 N–H and O–H groups in total. The summed E-state index contributed by atoms with van der Waals surface area (Å²) in [5.74, 6) is 2.17. The Balaban J connectivity index is 0.000000314. The van der Waals surface area contributed by atoms with Crippen molar-refractivity contribution in [3.05, 3.63) is 146 Å². The van der Waals surface area contributed by atoms with E-state index < -0.39 is 0 Å². The van der Waals surface area contributed by atoms with E-state index >= 15 is 0 Å². The molecule has 6 aromatic carbocycles. The molecule has 0 aromatic heterocycles. The van der Waals surface area contributed by atoms with Crippen molar-refractivity contribution in [1.82, 2.24) is 0 Å². The average Bonchev–Trinajstić information content (AvgIpc) is 3.89. The van der Waals surface area contributed by atoms with Gasteiger partial charge in [0.2, 0.25) is 0 Å². The van der Waals surface area contributed by atoms with Crippen molar-refractivity contribution in [3.8, 4) is 22.3 Å². The van der Waals surface area contributed by atoms with Crippen LogP contribution in [0.4, 0.5) is 0 Å². The van der Waals surface area contributed by atoms with E-state index in [1.165, 1.54) is 142 Å². The molecule has 2 aliphatic rings. The van der Waals surface area contributed by atoms with Crippen LogP contribution in [0.1, 0.15) is 112 Å². The van der Waals surface area contributed by atoms with Gasteiger partial charge < -0.3 is 14.9 Å². The quantitative estimate of drug-likeness (QED) is 0.120. The summed E-state index contributed by atoms with van der Waals surface area (Å²) in [4.78, 5) is 0. The third-order valence-electron chi connectivity index (χ3n) is 10.7. The van der Waals surface area contributed by atoms with E-state index in [1.54, 1.807) is 5.56 Å². The van der Waals surface area contributed by atoms with Crippen molar-refractivity contribution in [2.45, 2.75) is 96.3 Å². The second kappa shape index (κ2) is 21.5. The van der Waals surface area contributed by atoms with E-state index in [1.807, 2.05) is 0 Å². The van der Waals surface area contributed by atoms with Gasteiger partial charge in [0, 0.05) is 0 Å². The molecule has 0 heterocycles. The molecule has 4 heteroatoms. The van der Waals surface area contributed by atoms with Gasteiger partial charge in [0.05, 0.1) is 0 Å². The predicted molar refractivity (Wildman–Crippen MR) is 229 cm³/mol. The fourth-order valence-electron chi connectivity index (χ4n) is 8.06. The second-order valence-corrected chi connectivity index (χ2v) is 14.2. The molecule has 0 atom stereocenters. The molecule has 0 spiro atoms. The van der Waals surface area contributed by atoms with Gasteiger partial charge in [-0.05, 0) is 65.7 Å². The zero-order valence-electron chi connectivity index (χ0n) is 31.3. The monoisotopic (exact) mass is 808 g/mol. The summed E-state index contributed by atoms with van der Waals surface area (Å²) < 4.78 is 0. The average molecular weight is 811 g/mol. The fraction of sp³-hybridized carbons (Fsp3) is 0.319. The predicted octanol–water partition coefficient (Wildman–Crippen LogP) is 14.9. The normalized spacial score (nSPS) is 14.2. The molecular weight excluding hydrogens is 755 g/mol. The Hall–Kier alpha value is -2.22. The van der Waals surface area contributed by atoms with Gasteiger partial charge in [-0.2, -0.15) is 12.1 Å². The van der Waals surface area contributed by atoms with E-state index in [9.17, 15) is 0 Å². The van der Waals surface area contributed by atoms with Gasteiger partial charge in [-0.3, -0.25) is 0 Å². The maximum absolute atomic E-state index is 3.06. The van der Waals surface area contributed by atoms with Crippen LogP contribution >= 0.6 is 24.8 Å². The molecule has 0 saturated heterocycles. The number of fused-ring (bicyclic) bond motifs is 2. The number of aryl methyl sites for hydroxylation is 1. The summed E-state index contributed by atoms with van der Waals surface area (Å²) in [7, 11) is 0. The minimum atomic E-state index is 0. The van der Waals surface area contributed by atoms with E-state index in [0.29, 0.717) is 5.92 Å². The van der Waals surface area contributed by atoms with Crippen molar-refractivity contribution >= 4 is 53.2 Å². The number of benzene rings is 4. The zero-order valence-corrected chi connectivity index (χ0v) is 36.4. The summed E-state index contributed by atoms with van der Waals surface area (Å²) in [6.45, 7) is 9.74. The van der Waals surface area contributed by atoms with Crippen molar-refractivity contribution in [2.24, 2.45) is 0 Å². The standard InChI is InChI=1S/C23H25.C22H23.2CH3.2ClH.Si.Zr/c1-16(2)17-10-12-19(13-11-17)22-9-5-8-20-14-21(15-23(20)22)18-6-3-4-7-18;1-16-14-20-8-5-9-21(22(20)15-16)19-12-10-18(11-13-19)17-6-3-2-4-7-17;;;;;;/h5,8-16,18H,3-4,6-7H2,1-2H3;5,8-15,17H,2-4,6-7H2,1H3;2*1H3;2*1H;;/q4*-1;;;;. The van der Waals surface area contributed by atoms with Crippen molar-refractivity contribution in [2.75, 3.05) is 0 Å².